The molecule has 1 aromatic heterocycles. The molecule has 0 spiro atoms. The van der Waals surface area contributed by atoms with Crippen molar-refractivity contribution in [2.45, 2.75) is 11.8 Å². The van der Waals surface area contributed by atoms with Crippen molar-refractivity contribution in [2.24, 2.45) is 0 Å². The van der Waals surface area contributed by atoms with E-state index in [-0.39, 0.29) is 21.6 Å². The summed E-state index contributed by atoms with van der Waals surface area (Å²) in [6.07, 6.45) is 2.82. The van der Waals surface area contributed by atoms with Crippen LogP contribution in [0.2, 0.25) is 0 Å². The van der Waals surface area contributed by atoms with Crippen LogP contribution in [0.25, 0.3) is 0 Å². The molecular formula is C21H16ClN5O4S. The fraction of sp³-hybridized carbons (Fsp3) is 0.0476. The van der Waals surface area contributed by atoms with Crippen LogP contribution in [0.5, 0.6) is 0 Å². The molecule has 2 aromatic carbocycles. The Bertz CT molecular complexity index is 1320. The number of sulfonamides is 1. The minimum absolute atomic E-state index is 0.0364. The minimum atomic E-state index is -3.91. The summed E-state index contributed by atoms with van der Waals surface area (Å²) in [6.45, 7) is 1.89. The highest BCUT2D eigenvalue weighted by atomic mass is 35.5. The fourth-order valence-corrected chi connectivity index (χ4v) is 4.10. The lowest BCUT2D eigenvalue weighted by atomic mass is 10.2. The highest BCUT2D eigenvalue weighted by molar-refractivity contribution is 7.92. The third-order valence-electron chi connectivity index (χ3n) is 4.54. The molecule has 9 nitrogen and oxygen atoms in total. The molecule has 0 saturated carbocycles. The molecule has 162 valence electrons. The van der Waals surface area contributed by atoms with Crippen molar-refractivity contribution < 1.29 is 18.0 Å². The third-order valence-corrected chi connectivity index (χ3v) is 6.24. The quantitative estimate of drug-likeness (QED) is 0.532. The van der Waals surface area contributed by atoms with Gasteiger partial charge in [-0.15, -0.1) is 0 Å². The van der Waals surface area contributed by atoms with E-state index in [1.54, 1.807) is 30.3 Å². The second-order valence-electron chi connectivity index (χ2n) is 6.80. The zero-order chi connectivity index (χ0) is 22.9. The van der Waals surface area contributed by atoms with Crippen LogP contribution in [0, 0.1) is 6.92 Å². The number of hydrogen-bond acceptors (Lipinski definition) is 7. The Hall–Kier alpha value is -3.76. The van der Waals surface area contributed by atoms with Gasteiger partial charge in [-0.25, -0.2) is 28.0 Å². The molecule has 1 aliphatic heterocycles. The van der Waals surface area contributed by atoms with Crippen molar-refractivity contribution in [3.8, 4) is 0 Å². The number of imide groups is 1. The number of anilines is 3. The largest absolute Gasteiger partial charge is 0.350 e. The number of carbonyl (C=O) groups excluding carboxylic acids is 2. The topological polar surface area (TPSA) is 121 Å². The maximum absolute atomic E-state index is 12.8. The van der Waals surface area contributed by atoms with Gasteiger partial charge in [-0.05, 0) is 49.4 Å². The normalized spacial score (nSPS) is 14.1. The van der Waals surface area contributed by atoms with Gasteiger partial charge in [-0.2, -0.15) is 0 Å². The van der Waals surface area contributed by atoms with Gasteiger partial charge in [0.05, 0.1) is 10.6 Å². The van der Waals surface area contributed by atoms with Gasteiger partial charge in [-0.3, -0.25) is 9.59 Å². The maximum Gasteiger partial charge on any atom is 0.283 e. The van der Waals surface area contributed by atoms with Crippen molar-refractivity contribution in [3.05, 3.63) is 83.3 Å². The number of nitrogens with zero attached hydrogens (tertiary/aromatic N) is 3. The standard InChI is InChI=1S/C21H16ClN5O4S/c1-13-3-7-15(8-4-13)27-19(28)17(22)18(20(27)29)25-14-5-9-16(10-6-14)32(30,31)26-21-23-11-2-12-24-21/h2-12,25H,1H3,(H,23,24,26). The van der Waals surface area contributed by atoms with Gasteiger partial charge in [0, 0.05) is 18.1 Å². The zero-order valence-corrected chi connectivity index (χ0v) is 18.2. The molecule has 0 unspecified atom stereocenters. The molecule has 0 fully saturated rings. The van der Waals surface area contributed by atoms with E-state index in [2.05, 4.69) is 20.0 Å². The Morgan fingerprint density at radius 3 is 2.16 bits per heavy atom. The number of aryl methyl sites for hydroxylation is 1. The maximum atomic E-state index is 12.8. The molecule has 11 heteroatoms. The average molecular weight is 470 g/mol. The van der Waals surface area contributed by atoms with Crippen molar-refractivity contribution in [2.75, 3.05) is 14.9 Å². The Morgan fingerprint density at radius 2 is 1.53 bits per heavy atom. The predicted molar refractivity (Wildman–Crippen MR) is 119 cm³/mol. The van der Waals surface area contributed by atoms with Crippen LogP contribution in [0.15, 0.2) is 82.6 Å². The summed E-state index contributed by atoms with van der Waals surface area (Å²) >= 11 is 6.13. The molecule has 2 N–H and O–H groups in total. The van der Waals surface area contributed by atoms with Crippen molar-refractivity contribution in [3.63, 3.8) is 0 Å². The Morgan fingerprint density at radius 1 is 0.906 bits per heavy atom. The molecule has 32 heavy (non-hydrogen) atoms. The average Bonchev–Trinajstić information content (AvgIpc) is 2.98. The number of aromatic nitrogens is 2. The van der Waals surface area contributed by atoms with Gasteiger partial charge in [0.25, 0.3) is 21.8 Å². The van der Waals surface area contributed by atoms with E-state index in [1.165, 1.54) is 36.7 Å². The monoisotopic (exact) mass is 469 g/mol. The molecule has 0 atom stereocenters. The highest BCUT2D eigenvalue weighted by Gasteiger charge is 2.38. The predicted octanol–water partition coefficient (Wildman–Crippen LogP) is 3.02. The Labute approximate surface area is 188 Å². The molecule has 0 bridgehead atoms. The molecular weight excluding hydrogens is 454 g/mol. The van der Waals surface area contributed by atoms with Crippen molar-refractivity contribution >= 4 is 50.8 Å². The first-order chi connectivity index (χ1) is 15.3. The minimum Gasteiger partial charge on any atom is -0.350 e. The summed E-state index contributed by atoms with van der Waals surface area (Å²) in [4.78, 5) is 34.0. The number of carbonyl (C=O) groups is 2. The molecule has 3 aromatic rings. The fourth-order valence-electron chi connectivity index (χ4n) is 2.93. The number of nitrogens with one attached hydrogen (secondary N) is 2. The highest BCUT2D eigenvalue weighted by Crippen LogP contribution is 2.30. The number of hydrogen-bond donors (Lipinski definition) is 2. The summed E-state index contributed by atoms with van der Waals surface area (Å²) in [6, 6.07) is 14.0. The van der Waals surface area contributed by atoms with E-state index < -0.39 is 21.8 Å². The smallest absolute Gasteiger partial charge is 0.283 e. The van der Waals surface area contributed by atoms with Gasteiger partial charge < -0.3 is 5.32 Å². The summed E-state index contributed by atoms with van der Waals surface area (Å²) < 4.78 is 27.2. The Kier molecular flexibility index (Phi) is 5.64. The molecule has 2 heterocycles. The van der Waals surface area contributed by atoms with Gasteiger partial charge >= 0.3 is 0 Å². The lowest BCUT2D eigenvalue weighted by Crippen LogP contribution is -2.32. The first kappa shape index (κ1) is 21.5. The number of halogens is 1. The number of rotatable bonds is 6. The van der Waals surface area contributed by atoms with E-state index >= 15 is 0 Å². The molecule has 0 radical (unpaired) electrons. The molecule has 2 amide bonds. The van der Waals surface area contributed by atoms with Crippen LogP contribution in [0.4, 0.5) is 17.3 Å². The summed E-state index contributed by atoms with van der Waals surface area (Å²) in [5.41, 5.74) is 1.66. The van der Waals surface area contributed by atoms with E-state index in [9.17, 15) is 18.0 Å². The lowest BCUT2D eigenvalue weighted by molar-refractivity contribution is -0.120. The van der Waals surface area contributed by atoms with E-state index in [0.29, 0.717) is 11.4 Å². The van der Waals surface area contributed by atoms with Crippen LogP contribution in [-0.4, -0.2) is 30.2 Å². The van der Waals surface area contributed by atoms with Crippen LogP contribution in [0.3, 0.4) is 0 Å². The molecule has 0 saturated heterocycles. The number of benzene rings is 2. The van der Waals surface area contributed by atoms with Crippen LogP contribution >= 0.6 is 11.6 Å². The second kappa shape index (κ2) is 8.40. The second-order valence-corrected chi connectivity index (χ2v) is 8.86. The molecule has 1 aliphatic rings. The lowest BCUT2D eigenvalue weighted by Gasteiger charge is -2.15. The molecule has 0 aliphatic carbocycles. The first-order valence-corrected chi connectivity index (χ1v) is 11.1. The van der Waals surface area contributed by atoms with Gasteiger partial charge in [0.2, 0.25) is 5.95 Å². The van der Waals surface area contributed by atoms with Gasteiger partial charge in [-0.1, -0.05) is 29.3 Å². The van der Waals surface area contributed by atoms with Crippen LogP contribution in [0.1, 0.15) is 5.56 Å². The Balaban J connectivity index is 1.52. The summed E-state index contributed by atoms with van der Waals surface area (Å²) in [5.74, 6) is -1.31. The van der Waals surface area contributed by atoms with E-state index in [0.717, 1.165) is 10.5 Å². The van der Waals surface area contributed by atoms with Gasteiger partial charge in [0.1, 0.15) is 10.7 Å². The summed E-state index contributed by atoms with van der Waals surface area (Å²) in [7, 11) is -3.91. The van der Waals surface area contributed by atoms with Crippen molar-refractivity contribution in [1.29, 1.82) is 0 Å². The van der Waals surface area contributed by atoms with Gasteiger partial charge in [0.15, 0.2) is 0 Å². The number of amides is 2. The van der Waals surface area contributed by atoms with Crippen LogP contribution < -0.4 is 14.9 Å². The van der Waals surface area contributed by atoms with Crippen molar-refractivity contribution in [1.82, 2.24) is 9.97 Å². The zero-order valence-electron chi connectivity index (χ0n) is 16.6. The summed E-state index contributed by atoms with van der Waals surface area (Å²) in [5, 5.41) is 2.55. The first-order valence-electron chi connectivity index (χ1n) is 9.28. The molecule has 4 rings (SSSR count). The van der Waals surface area contributed by atoms with Crippen LogP contribution in [-0.2, 0) is 19.6 Å². The SMILES string of the molecule is Cc1ccc(N2C(=O)C(Cl)=C(Nc3ccc(S(=O)(=O)Nc4ncccn4)cc3)C2=O)cc1. The van der Waals surface area contributed by atoms with E-state index in [4.69, 9.17) is 11.6 Å². The van der Waals surface area contributed by atoms with E-state index in [1.807, 2.05) is 6.92 Å². The third kappa shape index (κ3) is 4.18.